The first-order valence-corrected chi connectivity index (χ1v) is 13.4. The van der Waals surface area contributed by atoms with E-state index in [2.05, 4.69) is 4.99 Å². The number of morpholine rings is 1. The number of amides is 1. The molecule has 1 amide bonds. The average Bonchev–Trinajstić information content (AvgIpc) is 3.15. The summed E-state index contributed by atoms with van der Waals surface area (Å²) in [6.45, 7) is 8.93. The van der Waals surface area contributed by atoms with Gasteiger partial charge in [0, 0.05) is 25.2 Å². The van der Waals surface area contributed by atoms with Gasteiger partial charge in [-0.3, -0.25) is 4.79 Å². The maximum atomic E-state index is 13.0. The fourth-order valence-electron chi connectivity index (χ4n) is 4.09. The molecule has 2 unspecified atom stereocenters. The van der Waals surface area contributed by atoms with Crippen molar-refractivity contribution in [2.45, 2.75) is 51.3 Å². The molecule has 2 aromatic carbocycles. The number of thiazole rings is 1. The van der Waals surface area contributed by atoms with E-state index in [9.17, 15) is 13.2 Å². The molecule has 1 aliphatic heterocycles. The Hall–Kier alpha value is -2.04. The van der Waals surface area contributed by atoms with E-state index in [4.69, 9.17) is 16.3 Å². The molecule has 4 rings (SSSR count). The summed E-state index contributed by atoms with van der Waals surface area (Å²) < 4.78 is 36.0. The summed E-state index contributed by atoms with van der Waals surface area (Å²) in [6, 6.07) is 9.73. The first kappa shape index (κ1) is 24.1. The molecule has 33 heavy (non-hydrogen) atoms. The van der Waals surface area contributed by atoms with Crippen molar-refractivity contribution in [3.05, 3.63) is 57.3 Å². The number of sulfonamides is 1. The molecule has 0 spiro atoms. The number of aryl methyl sites for hydroxylation is 2. The third kappa shape index (κ3) is 4.65. The number of nitrogens with zero attached hydrogens (tertiary/aromatic N) is 3. The number of hydrogen-bond donors (Lipinski definition) is 0. The molecule has 0 saturated carbocycles. The van der Waals surface area contributed by atoms with E-state index >= 15 is 0 Å². The van der Waals surface area contributed by atoms with Gasteiger partial charge in [0.15, 0.2) is 4.80 Å². The maximum Gasteiger partial charge on any atom is 0.279 e. The lowest BCUT2D eigenvalue weighted by atomic mass is 10.2. The summed E-state index contributed by atoms with van der Waals surface area (Å²) in [5.41, 5.74) is 2.35. The van der Waals surface area contributed by atoms with Gasteiger partial charge < -0.3 is 9.30 Å². The van der Waals surface area contributed by atoms with Crippen molar-refractivity contribution < 1.29 is 17.9 Å². The van der Waals surface area contributed by atoms with E-state index in [1.165, 1.54) is 39.9 Å². The number of aromatic nitrogens is 1. The van der Waals surface area contributed by atoms with Crippen LogP contribution >= 0.6 is 22.9 Å². The fraction of sp³-hybridized carbons (Fsp3) is 0.391. The Labute approximate surface area is 202 Å². The van der Waals surface area contributed by atoms with Crippen LogP contribution in [-0.2, 0) is 21.3 Å². The average molecular weight is 508 g/mol. The van der Waals surface area contributed by atoms with Crippen LogP contribution in [0.4, 0.5) is 0 Å². The van der Waals surface area contributed by atoms with E-state index in [-0.39, 0.29) is 17.1 Å². The van der Waals surface area contributed by atoms with Crippen molar-refractivity contribution in [2.24, 2.45) is 4.99 Å². The van der Waals surface area contributed by atoms with Crippen molar-refractivity contribution in [3.63, 3.8) is 0 Å². The van der Waals surface area contributed by atoms with E-state index < -0.39 is 15.9 Å². The molecule has 2 atom stereocenters. The Balaban J connectivity index is 1.65. The zero-order chi connectivity index (χ0) is 23.9. The number of fused-ring (bicyclic) bond motifs is 1. The molecule has 1 aromatic heterocycles. The third-order valence-corrected chi connectivity index (χ3v) is 9.00. The Morgan fingerprint density at radius 2 is 1.79 bits per heavy atom. The van der Waals surface area contributed by atoms with Crippen LogP contribution in [0.5, 0.6) is 0 Å². The molecule has 1 fully saturated rings. The van der Waals surface area contributed by atoms with Crippen molar-refractivity contribution in [1.29, 1.82) is 0 Å². The maximum absolute atomic E-state index is 13.0. The van der Waals surface area contributed by atoms with Crippen molar-refractivity contribution >= 4 is 49.1 Å². The number of halogens is 1. The SMILES string of the molecule is CCn1c(=NC(=O)c2ccc(S(=O)(=O)N3CC(C)OC(C)C3)cc2)sc2c(Cl)ccc(C)c21. The third-order valence-electron chi connectivity index (χ3n) is 5.62. The van der Waals surface area contributed by atoms with E-state index in [1.807, 2.05) is 44.4 Å². The van der Waals surface area contributed by atoms with Crippen LogP contribution in [0.3, 0.4) is 0 Å². The zero-order valence-corrected chi connectivity index (χ0v) is 21.3. The topological polar surface area (TPSA) is 81.0 Å². The summed E-state index contributed by atoms with van der Waals surface area (Å²) in [7, 11) is -3.67. The predicted octanol–water partition coefficient (Wildman–Crippen LogP) is 4.22. The smallest absolute Gasteiger partial charge is 0.279 e. The molecular formula is C23H26ClN3O4S2. The molecule has 10 heteroatoms. The van der Waals surface area contributed by atoms with Gasteiger partial charge in [-0.25, -0.2) is 8.42 Å². The van der Waals surface area contributed by atoms with Gasteiger partial charge in [-0.1, -0.05) is 29.0 Å². The molecule has 0 radical (unpaired) electrons. The summed E-state index contributed by atoms with van der Waals surface area (Å²) in [4.78, 5) is 17.9. The molecule has 1 aliphatic rings. The zero-order valence-electron chi connectivity index (χ0n) is 18.9. The van der Waals surface area contributed by atoms with Crippen LogP contribution in [0, 0.1) is 6.92 Å². The monoisotopic (exact) mass is 507 g/mol. The van der Waals surface area contributed by atoms with Gasteiger partial charge in [-0.15, -0.1) is 0 Å². The molecular weight excluding hydrogens is 482 g/mol. The highest BCUT2D eigenvalue weighted by Gasteiger charge is 2.32. The van der Waals surface area contributed by atoms with Crippen molar-refractivity contribution in [3.8, 4) is 0 Å². The standard InChI is InChI=1S/C23H26ClN3O4S2/c1-5-27-20-14(2)6-11-19(24)21(20)32-23(27)25-22(28)17-7-9-18(10-8-17)33(29,30)26-12-15(3)31-16(4)13-26/h6-11,15-16H,5,12-13H2,1-4H3. The molecule has 1 saturated heterocycles. The molecule has 176 valence electrons. The molecule has 7 nitrogen and oxygen atoms in total. The number of benzene rings is 2. The van der Waals surface area contributed by atoms with Gasteiger partial charge in [0.05, 0.1) is 32.3 Å². The quantitative estimate of drug-likeness (QED) is 0.529. The van der Waals surface area contributed by atoms with Crippen molar-refractivity contribution in [1.82, 2.24) is 8.87 Å². The predicted molar refractivity (Wildman–Crippen MR) is 130 cm³/mol. The molecule has 0 N–H and O–H groups in total. The Kier molecular flexibility index (Phi) is 6.80. The van der Waals surface area contributed by atoms with Crippen LogP contribution in [0.25, 0.3) is 10.2 Å². The van der Waals surface area contributed by atoms with Crippen LogP contribution < -0.4 is 4.80 Å². The van der Waals surface area contributed by atoms with E-state index in [0.717, 1.165) is 15.8 Å². The Morgan fingerprint density at radius 3 is 2.39 bits per heavy atom. The number of hydrogen-bond acceptors (Lipinski definition) is 5. The van der Waals surface area contributed by atoms with E-state index in [1.54, 1.807) is 0 Å². The number of carbonyl (C=O) groups excluding carboxylic acids is 1. The first-order chi connectivity index (χ1) is 15.6. The summed E-state index contributed by atoms with van der Waals surface area (Å²) in [5, 5.41) is 0.623. The fourth-order valence-corrected chi connectivity index (χ4v) is 7.13. The highest BCUT2D eigenvalue weighted by molar-refractivity contribution is 7.89. The normalized spacial score (nSPS) is 20.5. The second-order valence-electron chi connectivity index (χ2n) is 8.19. The van der Waals surface area contributed by atoms with Crippen LogP contribution in [0.1, 0.15) is 36.7 Å². The number of carbonyl (C=O) groups is 1. The highest BCUT2D eigenvalue weighted by atomic mass is 35.5. The van der Waals surface area contributed by atoms with Gasteiger partial charge in [-0.2, -0.15) is 9.30 Å². The number of ether oxygens (including phenoxy) is 1. The second kappa shape index (κ2) is 9.31. The minimum absolute atomic E-state index is 0.147. The first-order valence-electron chi connectivity index (χ1n) is 10.7. The molecule has 3 aromatic rings. The Bertz CT molecular complexity index is 1370. The van der Waals surface area contributed by atoms with Crippen LogP contribution in [0.15, 0.2) is 46.3 Å². The summed E-state index contributed by atoms with van der Waals surface area (Å²) in [5.74, 6) is -0.435. The van der Waals surface area contributed by atoms with Crippen molar-refractivity contribution in [2.75, 3.05) is 13.1 Å². The Morgan fingerprint density at radius 1 is 1.15 bits per heavy atom. The van der Waals surface area contributed by atoms with Gasteiger partial charge in [-0.05, 0) is 63.6 Å². The minimum Gasteiger partial charge on any atom is -0.373 e. The van der Waals surface area contributed by atoms with Gasteiger partial charge in [0.1, 0.15) is 0 Å². The minimum atomic E-state index is -3.67. The molecule has 0 bridgehead atoms. The van der Waals surface area contributed by atoms with Gasteiger partial charge in [0.25, 0.3) is 5.91 Å². The highest BCUT2D eigenvalue weighted by Crippen LogP contribution is 2.29. The number of rotatable bonds is 4. The second-order valence-corrected chi connectivity index (χ2v) is 11.5. The lowest BCUT2D eigenvalue weighted by Gasteiger charge is -2.34. The lowest BCUT2D eigenvalue weighted by Crippen LogP contribution is -2.48. The van der Waals surface area contributed by atoms with E-state index in [0.29, 0.717) is 35.0 Å². The van der Waals surface area contributed by atoms with Crippen LogP contribution in [0.2, 0.25) is 5.02 Å². The summed E-state index contributed by atoms with van der Waals surface area (Å²) in [6.07, 6.45) is -0.348. The van der Waals surface area contributed by atoms with Gasteiger partial charge in [0.2, 0.25) is 10.0 Å². The molecule has 0 aliphatic carbocycles. The molecule has 2 heterocycles. The largest absolute Gasteiger partial charge is 0.373 e. The van der Waals surface area contributed by atoms with Crippen LogP contribution in [-0.4, -0.2) is 48.5 Å². The lowest BCUT2D eigenvalue weighted by molar-refractivity contribution is -0.0440. The van der Waals surface area contributed by atoms with Gasteiger partial charge >= 0.3 is 0 Å². The summed E-state index contributed by atoms with van der Waals surface area (Å²) >= 11 is 7.74.